The first-order valence-corrected chi connectivity index (χ1v) is 8.12. The van der Waals surface area contributed by atoms with Crippen molar-refractivity contribution in [2.24, 2.45) is 0 Å². The van der Waals surface area contributed by atoms with Crippen molar-refractivity contribution in [3.63, 3.8) is 0 Å². The Labute approximate surface area is 148 Å². The zero-order chi connectivity index (χ0) is 17.5. The Bertz CT molecular complexity index is 1220. The van der Waals surface area contributed by atoms with E-state index in [4.69, 9.17) is 9.72 Å². The molecule has 5 aromatic rings. The van der Waals surface area contributed by atoms with E-state index in [0.717, 1.165) is 33.7 Å². The molecule has 0 atom stereocenters. The standard InChI is InChI=1S/C19H14N6O/c1-26-15-9-5-6-13(10-15)17-22-19-16-11-21-25(14-7-3-2-4-8-14)18(16)20-12-24(19)23-17/h2-12H,1H3. The van der Waals surface area contributed by atoms with Crippen LogP contribution < -0.4 is 4.74 Å². The summed E-state index contributed by atoms with van der Waals surface area (Å²) in [5.74, 6) is 1.38. The van der Waals surface area contributed by atoms with Crippen molar-refractivity contribution < 1.29 is 4.74 Å². The summed E-state index contributed by atoms with van der Waals surface area (Å²) in [4.78, 5) is 9.22. The van der Waals surface area contributed by atoms with Gasteiger partial charge in [-0.05, 0) is 24.3 Å². The molecule has 0 N–H and O–H groups in total. The Hall–Kier alpha value is -3.74. The van der Waals surface area contributed by atoms with Gasteiger partial charge in [-0.25, -0.2) is 19.2 Å². The zero-order valence-electron chi connectivity index (χ0n) is 13.9. The van der Waals surface area contributed by atoms with Crippen LogP contribution >= 0.6 is 0 Å². The highest BCUT2D eigenvalue weighted by Crippen LogP contribution is 2.24. The van der Waals surface area contributed by atoms with Gasteiger partial charge in [0.1, 0.15) is 12.1 Å². The van der Waals surface area contributed by atoms with Gasteiger partial charge in [-0.2, -0.15) is 5.10 Å². The number of benzene rings is 2. The van der Waals surface area contributed by atoms with Gasteiger partial charge in [-0.15, -0.1) is 5.10 Å². The Morgan fingerprint density at radius 1 is 0.962 bits per heavy atom. The highest BCUT2D eigenvalue weighted by molar-refractivity contribution is 5.90. The van der Waals surface area contributed by atoms with Crippen molar-refractivity contribution in [1.82, 2.24) is 29.4 Å². The minimum atomic E-state index is 0.616. The summed E-state index contributed by atoms with van der Waals surface area (Å²) < 4.78 is 8.76. The van der Waals surface area contributed by atoms with Crippen LogP contribution in [0.4, 0.5) is 0 Å². The molecule has 7 heteroatoms. The number of rotatable bonds is 3. The predicted octanol–water partition coefficient (Wildman–Crippen LogP) is 3.14. The van der Waals surface area contributed by atoms with Crippen LogP contribution in [0.15, 0.2) is 67.1 Å². The second-order valence-electron chi connectivity index (χ2n) is 5.81. The van der Waals surface area contributed by atoms with Gasteiger partial charge in [0.25, 0.3) is 0 Å². The lowest BCUT2D eigenvalue weighted by molar-refractivity contribution is 0.415. The SMILES string of the molecule is COc1cccc(-c2nc3c4cnn(-c5ccccc5)c4ncn3n2)c1. The summed E-state index contributed by atoms with van der Waals surface area (Å²) in [6.07, 6.45) is 3.43. The number of ether oxygens (including phenoxy) is 1. The third-order valence-electron chi connectivity index (χ3n) is 4.23. The fourth-order valence-corrected chi connectivity index (χ4v) is 2.96. The summed E-state index contributed by atoms with van der Waals surface area (Å²) in [7, 11) is 1.64. The normalized spacial score (nSPS) is 11.3. The lowest BCUT2D eigenvalue weighted by Crippen LogP contribution is -1.98. The maximum absolute atomic E-state index is 5.28. The van der Waals surface area contributed by atoms with Crippen LogP contribution in [-0.2, 0) is 0 Å². The average molecular weight is 342 g/mol. The maximum atomic E-state index is 5.28. The fourth-order valence-electron chi connectivity index (χ4n) is 2.96. The highest BCUT2D eigenvalue weighted by Gasteiger charge is 2.14. The second-order valence-corrected chi connectivity index (χ2v) is 5.81. The summed E-state index contributed by atoms with van der Waals surface area (Å²) in [5.41, 5.74) is 3.30. The number of aromatic nitrogens is 6. The van der Waals surface area contributed by atoms with Crippen LogP contribution in [0.2, 0.25) is 0 Å². The van der Waals surface area contributed by atoms with Crippen LogP contribution in [-0.4, -0.2) is 36.5 Å². The Balaban J connectivity index is 1.69. The molecule has 5 rings (SSSR count). The average Bonchev–Trinajstić information content (AvgIpc) is 3.32. The predicted molar refractivity (Wildman–Crippen MR) is 97.4 cm³/mol. The fraction of sp³-hybridized carbons (Fsp3) is 0.0526. The van der Waals surface area contributed by atoms with E-state index in [0.29, 0.717) is 5.82 Å². The van der Waals surface area contributed by atoms with E-state index in [2.05, 4.69) is 15.2 Å². The number of para-hydroxylation sites is 1. The van der Waals surface area contributed by atoms with E-state index in [1.807, 2.05) is 54.6 Å². The number of hydrogen-bond donors (Lipinski definition) is 0. The molecule has 0 aliphatic heterocycles. The lowest BCUT2D eigenvalue weighted by Gasteiger charge is -2.01. The number of hydrogen-bond acceptors (Lipinski definition) is 5. The van der Waals surface area contributed by atoms with Gasteiger partial charge in [0, 0.05) is 5.56 Å². The van der Waals surface area contributed by atoms with Crippen LogP contribution in [0.5, 0.6) is 5.75 Å². The molecule has 0 aliphatic rings. The molecule has 0 bridgehead atoms. The number of methoxy groups -OCH3 is 1. The van der Waals surface area contributed by atoms with E-state index in [1.165, 1.54) is 0 Å². The summed E-state index contributed by atoms with van der Waals surface area (Å²) >= 11 is 0. The largest absolute Gasteiger partial charge is 0.497 e. The maximum Gasteiger partial charge on any atom is 0.182 e. The third kappa shape index (κ3) is 2.21. The smallest absolute Gasteiger partial charge is 0.182 e. The molecule has 0 fully saturated rings. The topological polar surface area (TPSA) is 70.1 Å². The lowest BCUT2D eigenvalue weighted by atomic mass is 10.2. The van der Waals surface area contributed by atoms with E-state index in [1.54, 1.807) is 28.8 Å². The van der Waals surface area contributed by atoms with Crippen LogP contribution in [0, 0.1) is 0 Å². The van der Waals surface area contributed by atoms with E-state index >= 15 is 0 Å². The van der Waals surface area contributed by atoms with Gasteiger partial charge in [-0.3, -0.25) is 0 Å². The van der Waals surface area contributed by atoms with Gasteiger partial charge in [0.2, 0.25) is 0 Å². The first-order valence-electron chi connectivity index (χ1n) is 8.12. The first kappa shape index (κ1) is 14.6. The van der Waals surface area contributed by atoms with Crippen LogP contribution in [0.3, 0.4) is 0 Å². The summed E-state index contributed by atoms with van der Waals surface area (Å²) in [6, 6.07) is 17.6. The van der Waals surface area contributed by atoms with Crippen molar-refractivity contribution in [3.8, 4) is 22.8 Å². The Kier molecular flexibility index (Phi) is 3.18. The van der Waals surface area contributed by atoms with Crippen molar-refractivity contribution in [1.29, 1.82) is 0 Å². The molecule has 0 amide bonds. The molecule has 0 spiro atoms. The molecule has 0 saturated heterocycles. The van der Waals surface area contributed by atoms with Crippen molar-refractivity contribution in [3.05, 3.63) is 67.1 Å². The molecule has 0 saturated carbocycles. The van der Waals surface area contributed by atoms with Crippen molar-refractivity contribution >= 4 is 16.7 Å². The Morgan fingerprint density at radius 3 is 2.69 bits per heavy atom. The van der Waals surface area contributed by atoms with E-state index in [-0.39, 0.29) is 0 Å². The first-order chi connectivity index (χ1) is 12.8. The molecule has 0 aliphatic carbocycles. The van der Waals surface area contributed by atoms with Crippen molar-refractivity contribution in [2.45, 2.75) is 0 Å². The molecule has 7 nitrogen and oxygen atoms in total. The monoisotopic (exact) mass is 342 g/mol. The number of nitrogens with zero attached hydrogens (tertiary/aromatic N) is 6. The number of fused-ring (bicyclic) bond motifs is 3. The van der Waals surface area contributed by atoms with Gasteiger partial charge < -0.3 is 4.74 Å². The highest BCUT2D eigenvalue weighted by atomic mass is 16.5. The Morgan fingerprint density at radius 2 is 1.85 bits per heavy atom. The summed E-state index contributed by atoms with van der Waals surface area (Å²) in [5, 5.41) is 9.86. The van der Waals surface area contributed by atoms with E-state index < -0.39 is 0 Å². The second kappa shape index (κ2) is 5.66. The van der Waals surface area contributed by atoms with Gasteiger partial charge in [0.05, 0.1) is 24.4 Å². The van der Waals surface area contributed by atoms with Crippen LogP contribution in [0.1, 0.15) is 0 Å². The molecular weight excluding hydrogens is 328 g/mol. The molecular formula is C19H14N6O. The van der Waals surface area contributed by atoms with Gasteiger partial charge >= 0.3 is 0 Å². The minimum Gasteiger partial charge on any atom is -0.497 e. The minimum absolute atomic E-state index is 0.616. The van der Waals surface area contributed by atoms with Crippen LogP contribution in [0.25, 0.3) is 33.8 Å². The molecule has 3 heterocycles. The zero-order valence-corrected chi connectivity index (χ0v) is 13.9. The van der Waals surface area contributed by atoms with Crippen molar-refractivity contribution in [2.75, 3.05) is 7.11 Å². The molecule has 126 valence electrons. The molecule has 2 aromatic carbocycles. The van der Waals surface area contributed by atoms with Gasteiger partial charge in [0.15, 0.2) is 17.1 Å². The van der Waals surface area contributed by atoms with E-state index in [9.17, 15) is 0 Å². The molecule has 3 aromatic heterocycles. The quantitative estimate of drug-likeness (QED) is 0.504. The molecule has 26 heavy (non-hydrogen) atoms. The molecule has 0 unspecified atom stereocenters. The molecule has 0 radical (unpaired) electrons. The third-order valence-corrected chi connectivity index (χ3v) is 4.23. The summed E-state index contributed by atoms with van der Waals surface area (Å²) in [6.45, 7) is 0. The van der Waals surface area contributed by atoms with Gasteiger partial charge in [-0.1, -0.05) is 30.3 Å².